The third-order valence-electron chi connectivity index (χ3n) is 1.94. The van der Waals surface area contributed by atoms with Crippen molar-refractivity contribution < 1.29 is 14.3 Å². The van der Waals surface area contributed by atoms with E-state index < -0.39 is 5.97 Å². The van der Waals surface area contributed by atoms with E-state index in [4.69, 9.17) is 0 Å². The zero-order valence-corrected chi connectivity index (χ0v) is 8.97. The van der Waals surface area contributed by atoms with Crippen LogP contribution in [0.1, 0.15) is 39.0 Å². The molecule has 0 bridgehead atoms. The van der Waals surface area contributed by atoms with Gasteiger partial charge in [-0.15, -0.1) is 0 Å². The third kappa shape index (κ3) is 5.51. The van der Waals surface area contributed by atoms with E-state index in [0.29, 0.717) is 6.42 Å². The lowest BCUT2D eigenvalue weighted by Crippen LogP contribution is -2.08. The van der Waals surface area contributed by atoms with Gasteiger partial charge in [0.1, 0.15) is 5.78 Å². The molecule has 0 aromatic carbocycles. The summed E-state index contributed by atoms with van der Waals surface area (Å²) in [6.45, 7) is 5.58. The molecule has 3 nitrogen and oxygen atoms in total. The van der Waals surface area contributed by atoms with Crippen molar-refractivity contribution >= 4 is 11.8 Å². The molecule has 0 aliphatic heterocycles. The quantitative estimate of drug-likeness (QED) is 0.358. The van der Waals surface area contributed by atoms with Gasteiger partial charge in [0.05, 0.1) is 7.11 Å². The molecule has 14 heavy (non-hydrogen) atoms. The molecule has 0 radical (unpaired) electrons. The third-order valence-corrected chi connectivity index (χ3v) is 1.94. The highest BCUT2D eigenvalue weighted by molar-refractivity contribution is 5.95. The zero-order chi connectivity index (χ0) is 11.0. The van der Waals surface area contributed by atoms with Gasteiger partial charge in [-0.05, 0) is 6.42 Å². The second-order valence-electron chi connectivity index (χ2n) is 3.27. The van der Waals surface area contributed by atoms with Crippen molar-refractivity contribution in [3.05, 3.63) is 12.2 Å². The molecule has 0 saturated heterocycles. The Bertz CT molecular complexity index is 219. The molecule has 0 fully saturated rings. The van der Waals surface area contributed by atoms with Crippen LogP contribution in [0.3, 0.4) is 0 Å². The minimum atomic E-state index is -0.492. The van der Waals surface area contributed by atoms with Crippen molar-refractivity contribution in [2.45, 2.75) is 39.0 Å². The van der Waals surface area contributed by atoms with Crippen LogP contribution in [0, 0.1) is 0 Å². The Morgan fingerprint density at radius 2 is 1.93 bits per heavy atom. The molecule has 0 heterocycles. The normalized spacial score (nSPS) is 9.57. The molecular weight excluding hydrogens is 180 g/mol. The maximum absolute atomic E-state index is 11.3. The van der Waals surface area contributed by atoms with E-state index in [-0.39, 0.29) is 17.8 Å². The summed E-state index contributed by atoms with van der Waals surface area (Å²) in [5, 5.41) is 0. The second kappa shape index (κ2) is 7.30. The molecule has 0 atom stereocenters. The summed E-state index contributed by atoms with van der Waals surface area (Å²) < 4.78 is 4.45. The minimum Gasteiger partial charge on any atom is -0.466 e. The lowest BCUT2D eigenvalue weighted by molar-refractivity contribution is -0.137. The van der Waals surface area contributed by atoms with Gasteiger partial charge >= 0.3 is 5.97 Å². The number of hydrogen-bond acceptors (Lipinski definition) is 3. The fraction of sp³-hybridized carbons (Fsp3) is 0.636. The topological polar surface area (TPSA) is 43.4 Å². The molecule has 0 amide bonds. The van der Waals surface area contributed by atoms with E-state index in [1.54, 1.807) is 0 Å². The molecule has 0 rings (SSSR count). The number of unbranched alkanes of at least 4 members (excludes halogenated alkanes) is 2. The zero-order valence-electron chi connectivity index (χ0n) is 8.97. The summed E-state index contributed by atoms with van der Waals surface area (Å²) in [6.07, 6.45) is 3.69. The van der Waals surface area contributed by atoms with Crippen LogP contribution in [0.5, 0.6) is 0 Å². The molecule has 3 heteroatoms. The van der Waals surface area contributed by atoms with Crippen LogP contribution in [-0.2, 0) is 14.3 Å². The van der Waals surface area contributed by atoms with E-state index in [1.165, 1.54) is 7.11 Å². The number of hydrogen-bond donors (Lipinski definition) is 0. The van der Waals surface area contributed by atoms with Gasteiger partial charge in [0.2, 0.25) is 0 Å². The van der Waals surface area contributed by atoms with E-state index in [2.05, 4.69) is 18.2 Å². The SMILES string of the molecule is C=C(CC(=O)CCCCC)C(=O)OC. The van der Waals surface area contributed by atoms with E-state index in [9.17, 15) is 9.59 Å². The van der Waals surface area contributed by atoms with Crippen LogP contribution in [0.15, 0.2) is 12.2 Å². The number of esters is 1. The maximum atomic E-state index is 11.3. The molecule has 0 spiro atoms. The van der Waals surface area contributed by atoms with Gasteiger partial charge in [-0.2, -0.15) is 0 Å². The smallest absolute Gasteiger partial charge is 0.333 e. The Kier molecular flexibility index (Phi) is 6.72. The van der Waals surface area contributed by atoms with E-state index in [1.807, 2.05) is 0 Å². The first-order valence-electron chi connectivity index (χ1n) is 4.89. The average molecular weight is 198 g/mol. The van der Waals surface area contributed by atoms with Crippen LogP contribution in [-0.4, -0.2) is 18.9 Å². The van der Waals surface area contributed by atoms with Gasteiger partial charge in [-0.25, -0.2) is 4.79 Å². The number of ether oxygens (including phenoxy) is 1. The van der Waals surface area contributed by atoms with Gasteiger partial charge in [0.15, 0.2) is 0 Å². The fourth-order valence-electron chi connectivity index (χ4n) is 1.12. The maximum Gasteiger partial charge on any atom is 0.333 e. The Morgan fingerprint density at radius 1 is 1.29 bits per heavy atom. The van der Waals surface area contributed by atoms with Gasteiger partial charge in [0, 0.05) is 18.4 Å². The second-order valence-corrected chi connectivity index (χ2v) is 3.27. The van der Waals surface area contributed by atoms with Crippen LogP contribution in [0.2, 0.25) is 0 Å². The lowest BCUT2D eigenvalue weighted by Gasteiger charge is -2.02. The molecule has 0 aromatic rings. The molecule has 0 saturated carbocycles. The van der Waals surface area contributed by atoms with Crippen LogP contribution < -0.4 is 0 Å². The summed E-state index contributed by atoms with van der Waals surface area (Å²) in [7, 11) is 1.29. The molecule has 0 aromatic heterocycles. The van der Waals surface area contributed by atoms with Crippen molar-refractivity contribution in [3.63, 3.8) is 0 Å². The van der Waals surface area contributed by atoms with Gasteiger partial charge in [0.25, 0.3) is 0 Å². The van der Waals surface area contributed by atoms with Gasteiger partial charge in [-0.3, -0.25) is 4.79 Å². The van der Waals surface area contributed by atoms with Gasteiger partial charge in [-0.1, -0.05) is 26.3 Å². The van der Waals surface area contributed by atoms with Crippen molar-refractivity contribution in [1.82, 2.24) is 0 Å². The Morgan fingerprint density at radius 3 is 2.43 bits per heavy atom. The molecule has 0 aliphatic carbocycles. The van der Waals surface area contributed by atoms with Crippen LogP contribution >= 0.6 is 0 Å². The minimum absolute atomic E-state index is 0.0638. The molecule has 0 N–H and O–H groups in total. The summed E-state index contributed by atoms with van der Waals surface area (Å²) in [5.41, 5.74) is 0.244. The number of Topliss-reactive ketones (excluding diaryl/α,β-unsaturated/α-hetero) is 1. The highest BCUT2D eigenvalue weighted by atomic mass is 16.5. The summed E-state index contributed by atoms with van der Waals surface area (Å²) in [6, 6.07) is 0. The predicted octanol–water partition coefficient (Wildman–Crippen LogP) is 2.26. The Hall–Kier alpha value is -1.12. The summed E-state index contributed by atoms with van der Waals surface area (Å²) in [4.78, 5) is 22.2. The first kappa shape index (κ1) is 12.9. The Balaban J connectivity index is 3.72. The molecule has 80 valence electrons. The first-order chi connectivity index (χ1) is 6.61. The van der Waals surface area contributed by atoms with Crippen LogP contribution in [0.4, 0.5) is 0 Å². The van der Waals surface area contributed by atoms with E-state index >= 15 is 0 Å². The van der Waals surface area contributed by atoms with Crippen LogP contribution in [0.25, 0.3) is 0 Å². The molecule has 0 unspecified atom stereocenters. The average Bonchev–Trinajstić information content (AvgIpc) is 2.16. The van der Waals surface area contributed by atoms with Crippen molar-refractivity contribution in [2.75, 3.05) is 7.11 Å². The highest BCUT2D eigenvalue weighted by Crippen LogP contribution is 2.07. The number of carbonyl (C=O) groups is 2. The van der Waals surface area contributed by atoms with Crippen molar-refractivity contribution in [2.24, 2.45) is 0 Å². The largest absolute Gasteiger partial charge is 0.466 e. The van der Waals surface area contributed by atoms with Crippen molar-refractivity contribution in [1.29, 1.82) is 0 Å². The van der Waals surface area contributed by atoms with E-state index in [0.717, 1.165) is 19.3 Å². The van der Waals surface area contributed by atoms with Crippen molar-refractivity contribution in [3.8, 4) is 0 Å². The van der Waals surface area contributed by atoms with Gasteiger partial charge < -0.3 is 4.74 Å². The number of carbonyl (C=O) groups excluding carboxylic acids is 2. The predicted molar refractivity (Wildman–Crippen MR) is 54.9 cm³/mol. The number of rotatable bonds is 7. The fourth-order valence-corrected chi connectivity index (χ4v) is 1.12. The first-order valence-corrected chi connectivity index (χ1v) is 4.89. The number of ketones is 1. The summed E-state index contributed by atoms with van der Waals surface area (Å²) >= 11 is 0. The number of methoxy groups -OCH3 is 1. The summed E-state index contributed by atoms with van der Waals surface area (Å²) in [5.74, 6) is -0.428. The highest BCUT2D eigenvalue weighted by Gasteiger charge is 2.11. The standard InChI is InChI=1S/C11H18O3/c1-4-5-6-7-10(12)8-9(2)11(13)14-3/h2,4-8H2,1,3H3. The monoisotopic (exact) mass is 198 g/mol. The molecule has 0 aliphatic rings. The molecular formula is C11H18O3. The Labute approximate surface area is 85.1 Å². The lowest BCUT2D eigenvalue weighted by atomic mass is 10.1.